The van der Waals surface area contributed by atoms with Crippen LogP contribution in [0.4, 0.5) is 0 Å². The predicted molar refractivity (Wildman–Crippen MR) is 110 cm³/mol. The van der Waals surface area contributed by atoms with Crippen LogP contribution in [0, 0.1) is 19.8 Å². The van der Waals surface area contributed by atoms with Crippen LogP contribution >= 0.6 is 0 Å². The highest BCUT2D eigenvalue weighted by Gasteiger charge is 2.31. The molecule has 5 heteroatoms. The van der Waals surface area contributed by atoms with Crippen LogP contribution < -0.4 is 5.46 Å². The molecule has 2 aromatic rings. The van der Waals surface area contributed by atoms with Crippen LogP contribution in [0.1, 0.15) is 49.2 Å². The van der Waals surface area contributed by atoms with Gasteiger partial charge >= 0.3 is 13.1 Å². The Labute approximate surface area is 162 Å². The number of rotatable bonds is 6. The fourth-order valence-corrected chi connectivity index (χ4v) is 2.79. The van der Waals surface area contributed by atoms with E-state index in [0.717, 1.165) is 27.7 Å². The molecular formula is C22H29BO4. The topological polar surface area (TPSA) is 55.8 Å². The first-order valence-corrected chi connectivity index (χ1v) is 9.22. The van der Waals surface area contributed by atoms with Crippen molar-refractivity contribution in [1.82, 2.24) is 0 Å². The fourth-order valence-electron chi connectivity index (χ4n) is 2.79. The summed E-state index contributed by atoms with van der Waals surface area (Å²) in [5, 5.41) is 10.7. The van der Waals surface area contributed by atoms with Crippen molar-refractivity contribution < 1.29 is 19.2 Å². The van der Waals surface area contributed by atoms with Gasteiger partial charge in [0.15, 0.2) is 0 Å². The van der Waals surface area contributed by atoms with Gasteiger partial charge in [-0.25, -0.2) is 4.79 Å². The molecule has 0 fully saturated rings. The van der Waals surface area contributed by atoms with Crippen LogP contribution in [-0.2, 0) is 9.39 Å². The number of carbonyl (C=O) groups excluding carboxylic acids is 1. The quantitative estimate of drug-likeness (QED) is 0.621. The second kappa shape index (κ2) is 8.28. The van der Waals surface area contributed by atoms with Crippen molar-refractivity contribution in [3.8, 4) is 11.1 Å². The van der Waals surface area contributed by atoms with Gasteiger partial charge in [-0.05, 0) is 67.9 Å². The zero-order chi connectivity index (χ0) is 20.4. The average Bonchev–Trinajstić information content (AvgIpc) is 2.61. The standard InChI is InChI=1S/C22H29BO4/c1-14(2)22(5,6)27-23(25)20-13-17(9-8-15(20)3)19-11-10-18(12-16(19)4)21(24)26-7/h8-14,25H,1-7H3. The number of benzene rings is 2. The summed E-state index contributed by atoms with van der Waals surface area (Å²) in [6.45, 7) is 12.0. The summed E-state index contributed by atoms with van der Waals surface area (Å²) in [7, 11) is 0.370. The highest BCUT2D eigenvalue weighted by Crippen LogP contribution is 2.26. The van der Waals surface area contributed by atoms with Crippen LogP contribution in [0.3, 0.4) is 0 Å². The van der Waals surface area contributed by atoms with Gasteiger partial charge in [-0.3, -0.25) is 0 Å². The molecule has 2 aromatic carbocycles. The molecular weight excluding hydrogens is 339 g/mol. The molecule has 27 heavy (non-hydrogen) atoms. The van der Waals surface area contributed by atoms with Crippen molar-refractivity contribution in [1.29, 1.82) is 0 Å². The van der Waals surface area contributed by atoms with Gasteiger partial charge in [0, 0.05) is 0 Å². The molecule has 0 bridgehead atoms. The van der Waals surface area contributed by atoms with E-state index in [-0.39, 0.29) is 11.9 Å². The van der Waals surface area contributed by atoms with E-state index in [1.165, 1.54) is 7.11 Å². The predicted octanol–water partition coefficient (Wildman–Crippen LogP) is 3.90. The molecule has 0 unspecified atom stereocenters. The summed E-state index contributed by atoms with van der Waals surface area (Å²) < 4.78 is 10.7. The monoisotopic (exact) mass is 368 g/mol. The Morgan fingerprint density at radius 3 is 2.30 bits per heavy atom. The van der Waals surface area contributed by atoms with Gasteiger partial charge in [-0.2, -0.15) is 0 Å². The Bertz CT molecular complexity index is 827. The lowest BCUT2D eigenvalue weighted by Crippen LogP contribution is -2.45. The largest absolute Gasteiger partial charge is 0.491 e. The van der Waals surface area contributed by atoms with Crippen LogP contribution in [0.2, 0.25) is 0 Å². The molecule has 0 saturated heterocycles. The van der Waals surface area contributed by atoms with Crippen LogP contribution in [-0.4, -0.2) is 30.8 Å². The van der Waals surface area contributed by atoms with Crippen molar-refractivity contribution in [2.75, 3.05) is 7.11 Å². The molecule has 144 valence electrons. The maximum Gasteiger partial charge on any atom is 0.491 e. The van der Waals surface area contributed by atoms with Gasteiger partial charge in [0.05, 0.1) is 18.3 Å². The molecule has 0 radical (unpaired) electrons. The normalized spacial score (nSPS) is 11.6. The molecule has 0 amide bonds. The van der Waals surface area contributed by atoms with Crippen molar-refractivity contribution in [3.05, 3.63) is 53.1 Å². The number of carbonyl (C=O) groups is 1. The molecule has 1 N–H and O–H groups in total. The molecule has 0 heterocycles. The molecule has 0 saturated carbocycles. The third-order valence-corrected chi connectivity index (χ3v) is 5.31. The summed E-state index contributed by atoms with van der Waals surface area (Å²) >= 11 is 0. The van der Waals surface area contributed by atoms with Gasteiger partial charge in [-0.15, -0.1) is 0 Å². The Morgan fingerprint density at radius 1 is 1.07 bits per heavy atom. The number of ether oxygens (including phenoxy) is 1. The van der Waals surface area contributed by atoms with E-state index < -0.39 is 12.7 Å². The first-order chi connectivity index (χ1) is 12.6. The molecule has 2 rings (SSSR count). The molecule has 0 spiro atoms. The number of aryl methyl sites for hydroxylation is 2. The summed E-state index contributed by atoms with van der Waals surface area (Å²) in [5.74, 6) is -0.0854. The highest BCUT2D eigenvalue weighted by molar-refractivity contribution is 6.60. The number of hydrogen-bond acceptors (Lipinski definition) is 4. The molecule has 0 aromatic heterocycles. The van der Waals surface area contributed by atoms with E-state index in [0.29, 0.717) is 5.56 Å². The third kappa shape index (κ3) is 4.79. The second-order valence-corrected chi connectivity index (χ2v) is 7.82. The molecule has 4 nitrogen and oxygen atoms in total. The van der Waals surface area contributed by atoms with Crippen molar-refractivity contribution in [2.24, 2.45) is 5.92 Å². The zero-order valence-corrected chi connectivity index (χ0v) is 17.3. The fraction of sp³-hybridized carbons (Fsp3) is 0.409. The smallest absolute Gasteiger partial charge is 0.465 e. The van der Waals surface area contributed by atoms with Crippen LogP contribution in [0.5, 0.6) is 0 Å². The lowest BCUT2D eigenvalue weighted by atomic mass is 9.73. The van der Waals surface area contributed by atoms with Gasteiger partial charge < -0.3 is 14.4 Å². The first-order valence-electron chi connectivity index (χ1n) is 9.22. The van der Waals surface area contributed by atoms with E-state index in [4.69, 9.17) is 9.39 Å². The van der Waals surface area contributed by atoms with E-state index in [2.05, 4.69) is 13.8 Å². The van der Waals surface area contributed by atoms with Gasteiger partial charge in [0.25, 0.3) is 0 Å². The minimum absolute atomic E-state index is 0.267. The van der Waals surface area contributed by atoms with Gasteiger partial charge in [0.1, 0.15) is 0 Å². The molecule has 0 aliphatic rings. The lowest BCUT2D eigenvalue weighted by Gasteiger charge is -2.32. The highest BCUT2D eigenvalue weighted by atomic mass is 16.5. The minimum atomic E-state index is -1.00. The van der Waals surface area contributed by atoms with E-state index in [1.54, 1.807) is 6.07 Å². The molecule has 0 aliphatic heterocycles. The minimum Gasteiger partial charge on any atom is -0.465 e. The Hall–Kier alpha value is -2.11. The van der Waals surface area contributed by atoms with Gasteiger partial charge in [0.2, 0.25) is 0 Å². The maximum atomic E-state index is 11.7. The lowest BCUT2D eigenvalue weighted by molar-refractivity contribution is 0.0423. The number of methoxy groups -OCH3 is 1. The maximum absolute atomic E-state index is 11.7. The summed E-state index contributed by atoms with van der Waals surface area (Å²) in [6, 6.07) is 11.4. The van der Waals surface area contributed by atoms with Gasteiger partial charge in [-0.1, -0.05) is 43.7 Å². The molecule has 0 aliphatic carbocycles. The second-order valence-electron chi connectivity index (χ2n) is 7.82. The average molecular weight is 368 g/mol. The van der Waals surface area contributed by atoms with Crippen molar-refractivity contribution >= 4 is 18.6 Å². The van der Waals surface area contributed by atoms with Crippen molar-refractivity contribution in [2.45, 2.75) is 47.1 Å². The first kappa shape index (κ1) is 21.2. The Balaban J connectivity index is 2.39. The summed E-state index contributed by atoms with van der Waals surface area (Å²) in [5.41, 5.74) is 4.72. The van der Waals surface area contributed by atoms with E-state index in [9.17, 15) is 9.82 Å². The zero-order valence-electron chi connectivity index (χ0n) is 17.3. The Kier molecular flexibility index (Phi) is 6.50. The third-order valence-electron chi connectivity index (χ3n) is 5.31. The number of hydrogen-bond donors (Lipinski definition) is 1. The summed E-state index contributed by atoms with van der Waals surface area (Å²) in [6.07, 6.45) is 0. The summed E-state index contributed by atoms with van der Waals surface area (Å²) in [4.78, 5) is 11.7. The van der Waals surface area contributed by atoms with E-state index >= 15 is 0 Å². The van der Waals surface area contributed by atoms with E-state index in [1.807, 2.05) is 58.0 Å². The Morgan fingerprint density at radius 2 is 1.74 bits per heavy atom. The number of esters is 1. The SMILES string of the molecule is COC(=O)c1ccc(-c2ccc(C)c(B(O)OC(C)(C)C(C)C)c2)c(C)c1. The van der Waals surface area contributed by atoms with Crippen LogP contribution in [0.25, 0.3) is 11.1 Å². The van der Waals surface area contributed by atoms with Crippen molar-refractivity contribution in [3.63, 3.8) is 0 Å². The molecule has 0 atom stereocenters. The van der Waals surface area contributed by atoms with Crippen LogP contribution in [0.15, 0.2) is 36.4 Å².